The summed E-state index contributed by atoms with van der Waals surface area (Å²) in [6.07, 6.45) is 1.02. The van der Waals surface area contributed by atoms with Gasteiger partial charge in [0.05, 0.1) is 11.4 Å². The van der Waals surface area contributed by atoms with Crippen LogP contribution < -0.4 is 0 Å². The van der Waals surface area contributed by atoms with E-state index in [9.17, 15) is 18.0 Å². The van der Waals surface area contributed by atoms with Crippen LogP contribution in [0.2, 0.25) is 0 Å². The van der Waals surface area contributed by atoms with E-state index >= 15 is 0 Å². The maximum atomic E-state index is 13.2. The SMILES string of the molecule is CCN(CC)C(=O)CN1CCN(C(=O)c2cccc(S(=O)(=O)N3CC(C)CC(C)C3)c2)CC1. The molecule has 2 amide bonds. The molecular formula is C24H38N4O4S. The summed E-state index contributed by atoms with van der Waals surface area (Å²) < 4.78 is 28.0. The molecule has 2 saturated heterocycles. The van der Waals surface area contributed by atoms with Gasteiger partial charge in [-0.05, 0) is 50.3 Å². The topological polar surface area (TPSA) is 81.2 Å². The number of amides is 2. The van der Waals surface area contributed by atoms with Crippen molar-refractivity contribution in [3.05, 3.63) is 29.8 Å². The number of carbonyl (C=O) groups excluding carboxylic acids is 2. The van der Waals surface area contributed by atoms with Gasteiger partial charge < -0.3 is 9.80 Å². The van der Waals surface area contributed by atoms with Gasteiger partial charge in [-0.25, -0.2) is 8.42 Å². The van der Waals surface area contributed by atoms with Crippen LogP contribution in [0, 0.1) is 11.8 Å². The lowest BCUT2D eigenvalue weighted by atomic mass is 9.94. The second-order valence-corrected chi connectivity index (χ2v) is 11.4. The molecule has 1 aromatic carbocycles. The van der Waals surface area contributed by atoms with Crippen molar-refractivity contribution in [3.8, 4) is 0 Å². The van der Waals surface area contributed by atoms with E-state index in [0.717, 1.165) is 6.42 Å². The van der Waals surface area contributed by atoms with Crippen molar-refractivity contribution in [1.29, 1.82) is 0 Å². The molecular weight excluding hydrogens is 440 g/mol. The van der Waals surface area contributed by atoms with E-state index < -0.39 is 10.0 Å². The first-order valence-electron chi connectivity index (χ1n) is 12.0. The Morgan fingerprint density at radius 3 is 2.18 bits per heavy atom. The number of piperidine rings is 1. The van der Waals surface area contributed by atoms with Crippen LogP contribution in [0.4, 0.5) is 0 Å². The number of sulfonamides is 1. The highest BCUT2D eigenvalue weighted by atomic mass is 32.2. The summed E-state index contributed by atoms with van der Waals surface area (Å²) in [6.45, 7) is 13.2. The van der Waals surface area contributed by atoms with Gasteiger partial charge in [-0.3, -0.25) is 14.5 Å². The molecule has 3 rings (SSSR count). The molecule has 0 aliphatic carbocycles. The minimum absolute atomic E-state index is 0.110. The Morgan fingerprint density at radius 2 is 1.61 bits per heavy atom. The number of carbonyl (C=O) groups is 2. The summed E-state index contributed by atoms with van der Waals surface area (Å²) >= 11 is 0. The molecule has 8 nitrogen and oxygen atoms in total. The fourth-order valence-corrected chi connectivity index (χ4v) is 6.63. The summed E-state index contributed by atoms with van der Waals surface area (Å²) in [7, 11) is -3.64. The third kappa shape index (κ3) is 6.13. The van der Waals surface area contributed by atoms with Crippen LogP contribution in [0.15, 0.2) is 29.2 Å². The number of piperazine rings is 1. The molecule has 2 aliphatic heterocycles. The van der Waals surface area contributed by atoms with Crippen LogP contribution in [-0.4, -0.2) is 98.1 Å². The van der Waals surface area contributed by atoms with Crippen molar-refractivity contribution < 1.29 is 18.0 Å². The summed E-state index contributed by atoms with van der Waals surface area (Å²) in [4.78, 5) is 31.3. The molecule has 2 atom stereocenters. The average Bonchev–Trinajstić information content (AvgIpc) is 2.79. The minimum Gasteiger partial charge on any atom is -0.342 e. The van der Waals surface area contributed by atoms with Gasteiger partial charge in [0, 0.05) is 57.9 Å². The fraction of sp³-hybridized carbons (Fsp3) is 0.667. The summed E-state index contributed by atoms with van der Waals surface area (Å²) in [6, 6.07) is 6.42. The molecule has 2 heterocycles. The molecule has 0 bridgehead atoms. The third-order valence-corrected chi connectivity index (χ3v) is 8.52. The molecule has 184 valence electrons. The molecule has 0 radical (unpaired) electrons. The maximum absolute atomic E-state index is 13.2. The lowest BCUT2D eigenvalue weighted by molar-refractivity contribution is -0.132. The van der Waals surface area contributed by atoms with Gasteiger partial charge in [0.25, 0.3) is 5.91 Å². The Morgan fingerprint density at radius 1 is 1.00 bits per heavy atom. The molecule has 0 aromatic heterocycles. The summed E-state index contributed by atoms with van der Waals surface area (Å²) in [5, 5.41) is 0. The van der Waals surface area contributed by atoms with Crippen molar-refractivity contribution in [2.24, 2.45) is 11.8 Å². The average molecular weight is 479 g/mol. The number of hydrogen-bond donors (Lipinski definition) is 0. The van der Waals surface area contributed by atoms with E-state index in [-0.39, 0.29) is 16.7 Å². The number of hydrogen-bond acceptors (Lipinski definition) is 5. The monoisotopic (exact) mass is 478 g/mol. The van der Waals surface area contributed by atoms with E-state index in [0.29, 0.717) is 76.3 Å². The zero-order valence-electron chi connectivity index (χ0n) is 20.4. The van der Waals surface area contributed by atoms with Gasteiger partial charge in [-0.2, -0.15) is 4.31 Å². The Labute approximate surface area is 198 Å². The molecule has 0 N–H and O–H groups in total. The normalized spacial score (nSPS) is 22.8. The molecule has 0 spiro atoms. The Hall–Kier alpha value is -1.97. The fourth-order valence-electron chi connectivity index (χ4n) is 4.90. The molecule has 2 aliphatic rings. The second-order valence-electron chi connectivity index (χ2n) is 9.43. The Balaban J connectivity index is 1.64. The van der Waals surface area contributed by atoms with Gasteiger partial charge in [0.2, 0.25) is 15.9 Å². The zero-order valence-corrected chi connectivity index (χ0v) is 21.2. The van der Waals surface area contributed by atoms with Crippen LogP contribution >= 0.6 is 0 Å². The van der Waals surface area contributed by atoms with E-state index in [1.54, 1.807) is 27.4 Å². The Kier molecular flexibility index (Phi) is 8.53. The highest BCUT2D eigenvalue weighted by molar-refractivity contribution is 7.89. The van der Waals surface area contributed by atoms with Gasteiger partial charge in [-0.15, -0.1) is 0 Å². The molecule has 0 saturated carbocycles. The first-order chi connectivity index (χ1) is 15.6. The first kappa shape index (κ1) is 25.6. The summed E-state index contributed by atoms with van der Waals surface area (Å²) in [5.74, 6) is 0.581. The van der Waals surface area contributed by atoms with E-state index in [1.807, 2.05) is 18.7 Å². The molecule has 33 heavy (non-hydrogen) atoms. The highest BCUT2D eigenvalue weighted by Crippen LogP contribution is 2.27. The minimum atomic E-state index is -3.64. The second kappa shape index (κ2) is 11.0. The van der Waals surface area contributed by atoms with Crippen molar-refractivity contribution in [3.63, 3.8) is 0 Å². The van der Waals surface area contributed by atoms with Crippen molar-refractivity contribution >= 4 is 21.8 Å². The van der Waals surface area contributed by atoms with E-state index in [4.69, 9.17) is 0 Å². The number of rotatable bonds is 7. The number of benzene rings is 1. The van der Waals surface area contributed by atoms with Gasteiger partial charge in [0.15, 0.2) is 0 Å². The lowest BCUT2D eigenvalue weighted by Gasteiger charge is -2.35. The number of nitrogens with zero attached hydrogens (tertiary/aromatic N) is 4. The van der Waals surface area contributed by atoms with E-state index in [2.05, 4.69) is 18.7 Å². The van der Waals surface area contributed by atoms with Gasteiger partial charge >= 0.3 is 0 Å². The van der Waals surface area contributed by atoms with Crippen LogP contribution in [0.1, 0.15) is 44.5 Å². The number of likely N-dealkylation sites (N-methyl/N-ethyl adjacent to an activating group) is 1. The molecule has 9 heteroatoms. The van der Waals surface area contributed by atoms with Crippen LogP contribution in [0.5, 0.6) is 0 Å². The third-order valence-electron chi connectivity index (χ3n) is 6.69. The molecule has 2 fully saturated rings. The first-order valence-corrected chi connectivity index (χ1v) is 13.5. The van der Waals surface area contributed by atoms with Crippen LogP contribution in [0.3, 0.4) is 0 Å². The Bertz CT molecular complexity index is 930. The predicted octanol–water partition coefficient (Wildman–Crippen LogP) is 1.98. The van der Waals surface area contributed by atoms with Crippen LogP contribution in [0.25, 0.3) is 0 Å². The van der Waals surface area contributed by atoms with Crippen molar-refractivity contribution in [2.75, 3.05) is 58.9 Å². The van der Waals surface area contributed by atoms with Gasteiger partial charge in [-0.1, -0.05) is 19.9 Å². The van der Waals surface area contributed by atoms with Crippen molar-refractivity contribution in [1.82, 2.24) is 19.0 Å². The molecule has 2 unspecified atom stereocenters. The quantitative estimate of drug-likeness (QED) is 0.599. The van der Waals surface area contributed by atoms with Gasteiger partial charge in [0.1, 0.15) is 0 Å². The van der Waals surface area contributed by atoms with E-state index in [1.165, 1.54) is 6.07 Å². The van der Waals surface area contributed by atoms with Crippen LogP contribution in [-0.2, 0) is 14.8 Å². The largest absolute Gasteiger partial charge is 0.342 e. The summed E-state index contributed by atoms with van der Waals surface area (Å²) in [5.41, 5.74) is 0.391. The standard InChI is InChI=1S/C24H38N4O4S/c1-5-26(6-2)23(29)18-25-10-12-27(13-11-25)24(30)21-8-7-9-22(15-21)33(31,32)28-16-19(3)14-20(4)17-28/h7-9,15,19-20H,5-6,10-14,16-18H2,1-4H3. The zero-order chi connectivity index (χ0) is 24.2. The van der Waals surface area contributed by atoms with Crippen molar-refractivity contribution in [2.45, 2.75) is 39.0 Å². The highest BCUT2D eigenvalue weighted by Gasteiger charge is 2.32. The smallest absolute Gasteiger partial charge is 0.253 e. The molecule has 1 aromatic rings. The maximum Gasteiger partial charge on any atom is 0.253 e. The predicted molar refractivity (Wildman–Crippen MR) is 128 cm³/mol. The lowest BCUT2D eigenvalue weighted by Crippen LogP contribution is -2.51.